The average Bonchev–Trinajstić information content (AvgIpc) is 2.98. The molecule has 2 heterocycles. The van der Waals surface area contributed by atoms with Gasteiger partial charge in [-0.2, -0.15) is 4.98 Å². The first kappa shape index (κ1) is 13.2. The van der Waals surface area contributed by atoms with Crippen molar-refractivity contribution in [1.82, 2.24) is 20.1 Å². The van der Waals surface area contributed by atoms with Crippen LogP contribution in [-0.2, 0) is 0 Å². The molecule has 3 rings (SSSR count). The summed E-state index contributed by atoms with van der Waals surface area (Å²) in [5, 5.41) is 7.14. The average molecular weight is 281 g/mol. The van der Waals surface area contributed by atoms with Crippen molar-refractivity contribution in [2.24, 2.45) is 0 Å². The van der Waals surface area contributed by atoms with Crippen LogP contribution in [0, 0.1) is 6.92 Å². The lowest BCUT2D eigenvalue weighted by Crippen LogP contribution is -2.09. The van der Waals surface area contributed by atoms with Crippen molar-refractivity contribution in [1.29, 1.82) is 0 Å². The van der Waals surface area contributed by atoms with E-state index < -0.39 is 0 Å². The molecular formula is C15H15N5O. The van der Waals surface area contributed by atoms with Crippen LogP contribution in [0.2, 0.25) is 0 Å². The monoisotopic (exact) mass is 281 g/mol. The molecule has 3 aromatic rings. The highest BCUT2D eigenvalue weighted by molar-refractivity contribution is 5.55. The van der Waals surface area contributed by atoms with E-state index in [1.807, 2.05) is 38.1 Å². The Morgan fingerprint density at radius 2 is 1.95 bits per heavy atom. The normalized spacial score (nSPS) is 12.1. The van der Waals surface area contributed by atoms with Crippen LogP contribution in [0.1, 0.15) is 24.4 Å². The second-order valence-corrected chi connectivity index (χ2v) is 4.76. The fraction of sp³-hybridized carbons (Fsp3) is 0.200. The molecule has 1 aromatic carbocycles. The molecule has 1 N–H and O–H groups in total. The van der Waals surface area contributed by atoms with Gasteiger partial charge in [0, 0.05) is 18.0 Å². The number of benzene rings is 1. The zero-order valence-corrected chi connectivity index (χ0v) is 11.8. The lowest BCUT2D eigenvalue weighted by molar-refractivity contribution is 0.367. The van der Waals surface area contributed by atoms with Crippen molar-refractivity contribution in [3.05, 3.63) is 54.2 Å². The topological polar surface area (TPSA) is 76.7 Å². The Morgan fingerprint density at radius 1 is 1.14 bits per heavy atom. The SMILES string of the molecule is Cc1cccc(-c2noc([C@H](C)Nc3ncccn3)n2)c1. The van der Waals surface area contributed by atoms with Gasteiger partial charge in [0.05, 0.1) is 0 Å². The molecule has 0 radical (unpaired) electrons. The summed E-state index contributed by atoms with van der Waals surface area (Å²) >= 11 is 0. The van der Waals surface area contributed by atoms with Gasteiger partial charge in [0.1, 0.15) is 6.04 Å². The summed E-state index contributed by atoms with van der Waals surface area (Å²) in [6.45, 7) is 3.95. The third kappa shape index (κ3) is 3.05. The minimum Gasteiger partial charge on any atom is -0.343 e. The molecule has 0 unspecified atom stereocenters. The van der Waals surface area contributed by atoms with Crippen LogP contribution in [0.3, 0.4) is 0 Å². The first-order valence-electron chi connectivity index (χ1n) is 6.66. The minimum atomic E-state index is -0.168. The van der Waals surface area contributed by atoms with Crippen molar-refractivity contribution in [2.45, 2.75) is 19.9 Å². The summed E-state index contributed by atoms with van der Waals surface area (Å²) in [4.78, 5) is 12.6. The van der Waals surface area contributed by atoms with E-state index in [0.29, 0.717) is 17.7 Å². The van der Waals surface area contributed by atoms with Crippen LogP contribution in [-0.4, -0.2) is 20.1 Å². The van der Waals surface area contributed by atoms with Crippen LogP contribution in [0.4, 0.5) is 5.95 Å². The van der Waals surface area contributed by atoms with Crippen LogP contribution >= 0.6 is 0 Å². The smallest absolute Gasteiger partial charge is 0.249 e. The molecule has 1 atom stereocenters. The van der Waals surface area contributed by atoms with E-state index in [1.54, 1.807) is 18.5 Å². The maximum Gasteiger partial charge on any atom is 0.249 e. The second-order valence-electron chi connectivity index (χ2n) is 4.76. The van der Waals surface area contributed by atoms with Crippen molar-refractivity contribution < 1.29 is 4.52 Å². The van der Waals surface area contributed by atoms with Gasteiger partial charge < -0.3 is 9.84 Å². The molecule has 106 valence electrons. The molecule has 0 amide bonds. The molecule has 6 nitrogen and oxygen atoms in total. The molecule has 0 saturated carbocycles. The van der Waals surface area contributed by atoms with Crippen molar-refractivity contribution >= 4 is 5.95 Å². The van der Waals surface area contributed by atoms with Gasteiger partial charge in [-0.05, 0) is 26.0 Å². The fourth-order valence-corrected chi connectivity index (χ4v) is 1.94. The van der Waals surface area contributed by atoms with Crippen LogP contribution in [0.25, 0.3) is 11.4 Å². The minimum absolute atomic E-state index is 0.168. The van der Waals surface area contributed by atoms with E-state index in [-0.39, 0.29) is 6.04 Å². The van der Waals surface area contributed by atoms with Crippen LogP contribution in [0.5, 0.6) is 0 Å². The molecule has 0 fully saturated rings. The lowest BCUT2D eigenvalue weighted by Gasteiger charge is -2.08. The Bertz CT molecular complexity index is 726. The second kappa shape index (κ2) is 5.70. The van der Waals surface area contributed by atoms with Gasteiger partial charge in [-0.25, -0.2) is 9.97 Å². The highest BCUT2D eigenvalue weighted by Crippen LogP contribution is 2.20. The van der Waals surface area contributed by atoms with Crippen LogP contribution in [0.15, 0.2) is 47.2 Å². The third-order valence-corrected chi connectivity index (χ3v) is 3.00. The predicted molar refractivity (Wildman–Crippen MR) is 78.5 cm³/mol. The Kier molecular flexibility index (Phi) is 3.59. The van der Waals surface area contributed by atoms with Gasteiger partial charge in [0.2, 0.25) is 17.7 Å². The van der Waals surface area contributed by atoms with Crippen LogP contribution < -0.4 is 5.32 Å². The van der Waals surface area contributed by atoms with E-state index >= 15 is 0 Å². The maximum atomic E-state index is 5.31. The van der Waals surface area contributed by atoms with E-state index in [9.17, 15) is 0 Å². The number of rotatable bonds is 4. The number of nitrogens with zero attached hydrogens (tertiary/aromatic N) is 4. The molecule has 0 bridgehead atoms. The third-order valence-electron chi connectivity index (χ3n) is 3.00. The van der Waals surface area contributed by atoms with Crippen molar-refractivity contribution in [3.8, 4) is 11.4 Å². The van der Waals surface area contributed by atoms with Gasteiger partial charge in [0.25, 0.3) is 0 Å². The zero-order chi connectivity index (χ0) is 14.7. The van der Waals surface area contributed by atoms with Crippen molar-refractivity contribution in [2.75, 3.05) is 5.32 Å². The van der Waals surface area contributed by atoms with E-state index in [2.05, 4.69) is 25.4 Å². The number of aryl methyl sites for hydroxylation is 1. The predicted octanol–water partition coefficient (Wildman–Crippen LogP) is 3.01. The number of aromatic nitrogens is 4. The van der Waals surface area contributed by atoms with Crippen molar-refractivity contribution in [3.63, 3.8) is 0 Å². The first-order chi connectivity index (χ1) is 10.2. The van der Waals surface area contributed by atoms with Gasteiger partial charge in [-0.15, -0.1) is 0 Å². The molecule has 2 aromatic heterocycles. The first-order valence-corrected chi connectivity index (χ1v) is 6.66. The lowest BCUT2D eigenvalue weighted by atomic mass is 10.1. The standard InChI is InChI=1S/C15H15N5O/c1-10-5-3-6-12(9-10)13-19-14(21-20-13)11(2)18-15-16-7-4-8-17-15/h3-9,11H,1-2H3,(H,16,17,18)/t11-/m0/s1. The molecule has 0 aliphatic rings. The van der Waals surface area contributed by atoms with Gasteiger partial charge in [0.15, 0.2) is 0 Å². The quantitative estimate of drug-likeness (QED) is 0.792. The largest absolute Gasteiger partial charge is 0.343 e. The highest BCUT2D eigenvalue weighted by atomic mass is 16.5. The van der Waals surface area contributed by atoms with E-state index in [0.717, 1.165) is 11.1 Å². The summed E-state index contributed by atoms with van der Waals surface area (Å²) in [6, 6.07) is 9.58. The highest BCUT2D eigenvalue weighted by Gasteiger charge is 2.15. The van der Waals surface area contributed by atoms with Gasteiger partial charge in [-0.1, -0.05) is 28.9 Å². The molecule has 0 aliphatic heterocycles. The summed E-state index contributed by atoms with van der Waals surface area (Å²) in [5.74, 6) is 1.61. The number of hydrogen-bond acceptors (Lipinski definition) is 6. The molecule has 6 heteroatoms. The van der Waals surface area contributed by atoms with Gasteiger partial charge >= 0.3 is 0 Å². The molecule has 0 saturated heterocycles. The summed E-state index contributed by atoms with van der Waals surface area (Å²) in [7, 11) is 0. The molecule has 0 spiro atoms. The maximum absolute atomic E-state index is 5.31. The summed E-state index contributed by atoms with van der Waals surface area (Å²) in [6.07, 6.45) is 3.35. The number of nitrogens with one attached hydrogen (secondary N) is 1. The Hall–Kier alpha value is -2.76. The fourth-order valence-electron chi connectivity index (χ4n) is 1.94. The molecule has 0 aliphatic carbocycles. The van der Waals surface area contributed by atoms with Gasteiger partial charge in [-0.3, -0.25) is 0 Å². The van der Waals surface area contributed by atoms with E-state index in [1.165, 1.54) is 0 Å². The Morgan fingerprint density at radius 3 is 2.71 bits per heavy atom. The Labute approximate surface area is 122 Å². The number of anilines is 1. The summed E-state index contributed by atoms with van der Waals surface area (Å²) in [5.41, 5.74) is 2.09. The zero-order valence-electron chi connectivity index (χ0n) is 11.8. The number of hydrogen-bond donors (Lipinski definition) is 1. The molecule has 21 heavy (non-hydrogen) atoms. The Balaban J connectivity index is 1.78. The summed E-state index contributed by atoms with van der Waals surface area (Å²) < 4.78 is 5.31. The molecular weight excluding hydrogens is 266 g/mol. The van der Waals surface area contributed by atoms with E-state index in [4.69, 9.17) is 4.52 Å².